The van der Waals surface area contributed by atoms with E-state index in [0.717, 1.165) is 13.0 Å². The molecule has 0 bridgehead atoms. The average Bonchev–Trinajstić information content (AvgIpc) is 2.18. The Balaban J connectivity index is 2.18. The number of unbranched alkanes of at least 4 members (excludes halogenated alkanes) is 2. The Morgan fingerprint density at radius 3 is 2.93 bits per heavy atom. The monoisotopic (exact) mass is 194 g/mol. The van der Waals surface area contributed by atoms with Gasteiger partial charge < -0.3 is 5.32 Å². The summed E-state index contributed by atoms with van der Waals surface area (Å²) in [5.41, 5.74) is 0. The first-order valence-electron chi connectivity index (χ1n) is 5.65. The highest BCUT2D eigenvalue weighted by atomic mass is 15.2. The molecule has 0 radical (unpaired) electrons. The number of nitrogens with one attached hydrogen (secondary N) is 1. The summed E-state index contributed by atoms with van der Waals surface area (Å²) in [6.45, 7) is 8.04. The van der Waals surface area contributed by atoms with Gasteiger partial charge in [-0.2, -0.15) is 0 Å². The van der Waals surface area contributed by atoms with E-state index in [1.165, 1.54) is 25.9 Å². The summed E-state index contributed by atoms with van der Waals surface area (Å²) in [4.78, 5) is 2.57. The minimum Gasteiger partial charge on any atom is -0.311 e. The van der Waals surface area contributed by atoms with Gasteiger partial charge in [0.2, 0.25) is 0 Å². The van der Waals surface area contributed by atoms with Crippen molar-refractivity contribution < 1.29 is 0 Å². The maximum atomic E-state index is 5.22. The number of terminal acetylenes is 1. The van der Waals surface area contributed by atoms with E-state index in [-0.39, 0.29) is 0 Å². The third-order valence-electron chi connectivity index (χ3n) is 2.91. The smallest absolute Gasteiger partial charge is 0.0193 e. The van der Waals surface area contributed by atoms with Gasteiger partial charge in [0.25, 0.3) is 0 Å². The van der Waals surface area contributed by atoms with Gasteiger partial charge in [0.05, 0.1) is 0 Å². The fraction of sp³-hybridized carbons (Fsp3) is 0.833. The van der Waals surface area contributed by atoms with Crippen LogP contribution < -0.4 is 5.32 Å². The number of hydrogen-bond acceptors (Lipinski definition) is 2. The first-order chi connectivity index (χ1) is 6.74. The van der Waals surface area contributed by atoms with Crippen molar-refractivity contribution in [3.8, 4) is 12.3 Å². The molecule has 80 valence electrons. The summed E-state index contributed by atoms with van der Waals surface area (Å²) in [6.07, 6.45) is 8.56. The molecular formula is C12H22N2. The Bertz CT molecular complexity index is 195. The second-order valence-electron chi connectivity index (χ2n) is 4.31. The second-order valence-corrected chi connectivity index (χ2v) is 4.31. The van der Waals surface area contributed by atoms with Gasteiger partial charge >= 0.3 is 0 Å². The van der Waals surface area contributed by atoms with Crippen molar-refractivity contribution in [3.05, 3.63) is 0 Å². The molecule has 2 atom stereocenters. The molecule has 0 aromatic rings. The fourth-order valence-electron chi connectivity index (χ4n) is 1.95. The molecule has 1 aliphatic heterocycles. The minimum absolute atomic E-state index is 0.638. The van der Waals surface area contributed by atoms with Crippen LogP contribution in [0.15, 0.2) is 0 Å². The van der Waals surface area contributed by atoms with Crippen molar-refractivity contribution in [2.45, 2.75) is 45.2 Å². The molecular weight excluding hydrogens is 172 g/mol. The van der Waals surface area contributed by atoms with Crippen LogP contribution in [-0.4, -0.2) is 36.6 Å². The molecule has 2 heteroatoms. The van der Waals surface area contributed by atoms with Gasteiger partial charge in [-0.05, 0) is 33.2 Å². The number of nitrogens with zero attached hydrogens (tertiary/aromatic N) is 1. The van der Waals surface area contributed by atoms with Crippen LogP contribution in [0.25, 0.3) is 0 Å². The van der Waals surface area contributed by atoms with Crippen molar-refractivity contribution in [1.82, 2.24) is 10.2 Å². The zero-order valence-corrected chi connectivity index (χ0v) is 9.42. The largest absolute Gasteiger partial charge is 0.311 e. The molecule has 0 saturated carbocycles. The summed E-state index contributed by atoms with van der Waals surface area (Å²) < 4.78 is 0. The molecule has 0 spiro atoms. The quantitative estimate of drug-likeness (QED) is 0.538. The van der Waals surface area contributed by atoms with Gasteiger partial charge in [-0.1, -0.05) is 0 Å². The molecule has 2 unspecified atom stereocenters. The highest BCUT2D eigenvalue weighted by Crippen LogP contribution is 2.08. The van der Waals surface area contributed by atoms with Crippen LogP contribution >= 0.6 is 0 Å². The van der Waals surface area contributed by atoms with Gasteiger partial charge in [0.15, 0.2) is 0 Å². The third-order valence-corrected chi connectivity index (χ3v) is 2.91. The van der Waals surface area contributed by atoms with Crippen LogP contribution in [0.2, 0.25) is 0 Å². The van der Waals surface area contributed by atoms with Gasteiger partial charge in [0, 0.05) is 31.6 Å². The van der Waals surface area contributed by atoms with Crippen LogP contribution in [0.5, 0.6) is 0 Å². The second kappa shape index (κ2) is 6.06. The Labute approximate surface area is 88.1 Å². The maximum Gasteiger partial charge on any atom is 0.0193 e. The zero-order chi connectivity index (χ0) is 10.4. The van der Waals surface area contributed by atoms with E-state index in [2.05, 4.69) is 30.0 Å². The predicted molar refractivity (Wildman–Crippen MR) is 61.2 cm³/mol. The molecule has 0 aromatic carbocycles. The van der Waals surface area contributed by atoms with Crippen molar-refractivity contribution >= 4 is 0 Å². The van der Waals surface area contributed by atoms with E-state index in [9.17, 15) is 0 Å². The summed E-state index contributed by atoms with van der Waals surface area (Å²) in [7, 11) is 0. The lowest BCUT2D eigenvalue weighted by atomic mass is 10.1. The van der Waals surface area contributed by atoms with Gasteiger partial charge in [-0.15, -0.1) is 12.3 Å². The molecule has 14 heavy (non-hydrogen) atoms. The number of piperazine rings is 1. The number of rotatable bonds is 4. The van der Waals surface area contributed by atoms with Crippen LogP contribution in [0.1, 0.15) is 33.1 Å². The Morgan fingerprint density at radius 2 is 2.21 bits per heavy atom. The van der Waals surface area contributed by atoms with Crippen molar-refractivity contribution in [3.63, 3.8) is 0 Å². The van der Waals surface area contributed by atoms with E-state index in [1.54, 1.807) is 0 Å². The summed E-state index contributed by atoms with van der Waals surface area (Å²) in [6, 6.07) is 1.32. The van der Waals surface area contributed by atoms with E-state index < -0.39 is 0 Å². The van der Waals surface area contributed by atoms with E-state index in [1.807, 2.05) is 0 Å². The van der Waals surface area contributed by atoms with E-state index in [4.69, 9.17) is 6.42 Å². The number of hydrogen-bond donors (Lipinski definition) is 1. The van der Waals surface area contributed by atoms with Gasteiger partial charge in [0.1, 0.15) is 0 Å². The highest BCUT2D eigenvalue weighted by Gasteiger charge is 2.21. The Morgan fingerprint density at radius 1 is 1.43 bits per heavy atom. The normalized spacial score (nSPS) is 28.6. The highest BCUT2D eigenvalue weighted by molar-refractivity contribution is 4.84. The van der Waals surface area contributed by atoms with Crippen LogP contribution in [0.3, 0.4) is 0 Å². The fourth-order valence-corrected chi connectivity index (χ4v) is 1.95. The molecule has 1 fully saturated rings. The lowest BCUT2D eigenvalue weighted by Crippen LogP contribution is -2.54. The molecule has 1 aliphatic rings. The summed E-state index contributed by atoms with van der Waals surface area (Å²) in [5.74, 6) is 2.69. The molecule has 1 N–H and O–H groups in total. The van der Waals surface area contributed by atoms with Gasteiger partial charge in [-0.3, -0.25) is 4.90 Å². The SMILES string of the molecule is C#CCCCCN1CC(C)NCC1C. The Kier molecular flexibility index (Phi) is 5.00. The van der Waals surface area contributed by atoms with Crippen LogP contribution in [0, 0.1) is 12.3 Å². The van der Waals surface area contributed by atoms with Crippen molar-refractivity contribution in [2.75, 3.05) is 19.6 Å². The summed E-state index contributed by atoms with van der Waals surface area (Å²) in [5, 5.41) is 3.49. The first-order valence-corrected chi connectivity index (χ1v) is 5.65. The molecule has 0 amide bonds. The van der Waals surface area contributed by atoms with Crippen molar-refractivity contribution in [1.29, 1.82) is 0 Å². The van der Waals surface area contributed by atoms with E-state index >= 15 is 0 Å². The molecule has 1 rings (SSSR count). The molecule has 1 heterocycles. The Hall–Kier alpha value is -0.520. The standard InChI is InChI=1S/C12H22N2/c1-4-5-6-7-8-14-10-11(2)13-9-12(14)3/h1,11-13H,5-10H2,2-3H3. The topological polar surface area (TPSA) is 15.3 Å². The third kappa shape index (κ3) is 3.69. The molecule has 1 saturated heterocycles. The van der Waals surface area contributed by atoms with Crippen LogP contribution in [0.4, 0.5) is 0 Å². The molecule has 0 aromatic heterocycles. The predicted octanol–water partition coefficient (Wildman–Crippen LogP) is 1.47. The molecule has 2 nitrogen and oxygen atoms in total. The first kappa shape index (κ1) is 11.6. The zero-order valence-electron chi connectivity index (χ0n) is 9.42. The lowest BCUT2D eigenvalue weighted by Gasteiger charge is -2.37. The van der Waals surface area contributed by atoms with E-state index in [0.29, 0.717) is 12.1 Å². The van der Waals surface area contributed by atoms with Crippen molar-refractivity contribution in [2.24, 2.45) is 0 Å². The van der Waals surface area contributed by atoms with Crippen LogP contribution in [-0.2, 0) is 0 Å². The summed E-state index contributed by atoms with van der Waals surface area (Å²) >= 11 is 0. The van der Waals surface area contributed by atoms with Gasteiger partial charge in [-0.25, -0.2) is 0 Å². The molecule has 0 aliphatic carbocycles. The average molecular weight is 194 g/mol. The maximum absolute atomic E-state index is 5.22. The minimum atomic E-state index is 0.638. The lowest BCUT2D eigenvalue weighted by molar-refractivity contribution is 0.144.